The fourth-order valence-corrected chi connectivity index (χ4v) is 4.32. The van der Waals surface area contributed by atoms with E-state index in [9.17, 15) is 14.4 Å². The van der Waals surface area contributed by atoms with Crippen molar-refractivity contribution in [1.82, 2.24) is 9.88 Å². The van der Waals surface area contributed by atoms with Crippen molar-refractivity contribution in [3.63, 3.8) is 0 Å². The number of para-hydroxylation sites is 1. The van der Waals surface area contributed by atoms with Crippen LogP contribution in [0, 0.1) is 6.92 Å². The summed E-state index contributed by atoms with van der Waals surface area (Å²) in [5, 5.41) is 3.98. The fraction of sp³-hybridized carbons (Fsp3) is 0.0909. The lowest BCUT2D eigenvalue weighted by Crippen LogP contribution is -2.28. The molecule has 148 valence electrons. The highest BCUT2D eigenvalue weighted by Gasteiger charge is 2.35. The molecule has 4 aromatic rings. The number of nitrogens with zero attached hydrogens (tertiary/aromatic N) is 2. The predicted octanol–water partition coefficient (Wildman–Crippen LogP) is 4.25. The van der Waals surface area contributed by atoms with Crippen LogP contribution in [-0.4, -0.2) is 27.6 Å². The molecule has 2 aromatic carbocycles. The van der Waals surface area contributed by atoms with Crippen LogP contribution in [0.15, 0.2) is 59.1 Å². The zero-order valence-electron chi connectivity index (χ0n) is 15.8. The average molecular weight is 417 g/mol. The second-order valence-electron chi connectivity index (χ2n) is 6.88. The zero-order chi connectivity index (χ0) is 20.8. The topological polar surface area (TPSA) is 92.5 Å². The van der Waals surface area contributed by atoms with Crippen molar-refractivity contribution >= 4 is 45.2 Å². The van der Waals surface area contributed by atoms with Crippen LogP contribution in [0.25, 0.3) is 11.0 Å². The molecule has 3 heterocycles. The Kier molecular flexibility index (Phi) is 4.22. The summed E-state index contributed by atoms with van der Waals surface area (Å²) in [7, 11) is 0. The van der Waals surface area contributed by atoms with Crippen LogP contribution < -0.4 is 5.32 Å². The smallest absolute Gasteiger partial charge is 0.293 e. The molecule has 0 aliphatic carbocycles. The van der Waals surface area contributed by atoms with Gasteiger partial charge in [0.15, 0.2) is 10.9 Å². The largest absolute Gasteiger partial charge is 0.451 e. The molecule has 0 saturated heterocycles. The number of hydrogen-bond acceptors (Lipinski definition) is 6. The lowest BCUT2D eigenvalue weighted by Gasteiger charge is -2.11. The van der Waals surface area contributed by atoms with Crippen LogP contribution in [0.5, 0.6) is 0 Å². The number of amides is 3. The van der Waals surface area contributed by atoms with Crippen molar-refractivity contribution in [3.05, 3.63) is 82.1 Å². The highest BCUT2D eigenvalue weighted by atomic mass is 32.1. The van der Waals surface area contributed by atoms with Crippen LogP contribution >= 0.6 is 11.3 Å². The number of fused-ring (bicyclic) bond motifs is 2. The lowest BCUT2D eigenvalue weighted by atomic mass is 10.1. The maximum Gasteiger partial charge on any atom is 0.293 e. The Morgan fingerprint density at radius 2 is 1.73 bits per heavy atom. The Bertz CT molecular complexity index is 1300. The third kappa shape index (κ3) is 2.89. The molecule has 0 unspecified atom stereocenters. The Labute approximate surface area is 174 Å². The fourth-order valence-electron chi connectivity index (χ4n) is 3.52. The number of rotatable bonds is 4. The van der Waals surface area contributed by atoms with E-state index in [0.717, 1.165) is 10.9 Å². The highest BCUT2D eigenvalue weighted by molar-refractivity contribution is 7.15. The second-order valence-corrected chi connectivity index (χ2v) is 8.00. The van der Waals surface area contributed by atoms with Crippen LogP contribution in [0.3, 0.4) is 0 Å². The minimum absolute atomic E-state index is 0.101. The molecule has 7 nitrogen and oxygen atoms in total. The summed E-state index contributed by atoms with van der Waals surface area (Å²) in [5.41, 5.74) is 2.21. The molecule has 1 aliphatic rings. The lowest BCUT2D eigenvalue weighted by molar-refractivity contribution is 0.0643. The second kappa shape index (κ2) is 6.93. The number of benzene rings is 2. The molecular formula is C22H15N3O4S. The van der Waals surface area contributed by atoms with Gasteiger partial charge in [0, 0.05) is 22.0 Å². The number of furan rings is 1. The molecule has 2 aromatic heterocycles. The third-order valence-electron chi connectivity index (χ3n) is 5.02. The minimum atomic E-state index is -0.398. The molecule has 5 rings (SSSR count). The monoisotopic (exact) mass is 417 g/mol. The number of thiazole rings is 1. The van der Waals surface area contributed by atoms with Crippen molar-refractivity contribution < 1.29 is 18.8 Å². The molecule has 0 bridgehead atoms. The Hall–Kier alpha value is -3.78. The number of imide groups is 1. The quantitative estimate of drug-likeness (QED) is 0.501. The van der Waals surface area contributed by atoms with Gasteiger partial charge in [0.05, 0.1) is 17.7 Å². The first-order valence-electron chi connectivity index (χ1n) is 9.22. The Morgan fingerprint density at radius 1 is 1.07 bits per heavy atom. The number of nitrogens with one attached hydrogen (secondary N) is 1. The number of aryl methyl sites for hydroxylation is 1. The molecule has 0 atom stereocenters. The molecule has 0 radical (unpaired) electrons. The van der Waals surface area contributed by atoms with Crippen LogP contribution in [0.4, 0.5) is 5.13 Å². The first-order chi connectivity index (χ1) is 14.5. The van der Waals surface area contributed by atoms with Gasteiger partial charge in [-0.05, 0) is 25.1 Å². The molecule has 30 heavy (non-hydrogen) atoms. The van der Waals surface area contributed by atoms with E-state index >= 15 is 0 Å². The molecule has 8 heteroatoms. The van der Waals surface area contributed by atoms with Crippen LogP contribution in [-0.2, 0) is 6.54 Å². The molecule has 0 fully saturated rings. The third-order valence-corrected chi connectivity index (χ3v) is 5.91. The van der Waals surface area contributed by atoms with Gasteiger partial charge in [0.25, 0.3) is 17.7 Å². The number of anilines is 1. The maximum atomic E-state index is 12.7. The SMILES string of the molecule is Cc1c(C(=O)Nc2ncc(CN3C(=O)c4ccccc4C3=O)s2)oc2ccccc12. The van der Waals surface area contributed by atoms with Crippen LogP contribution in [0.1, 0.15) is 41.7 Å². The predicted molar refractivity (Wildman–Crippen MR) is 112 cm³/mol. The first-order valence-corrected chi connectivity index (χ1v) is 10.0. The standard InChI is InChI=1S/C22H15N3O4S/c1-12-14-6-4-5-9-17(14)29-18(12)19(26)24-22-23-10-13(30-22)11-25-20(27)15-7-2-3-8-16(15)21(25)28/h2-10H,11H2,1H3,(H,23,24,26). The van der Waals surface area contributed by atoms with E-state index in [2.05, 4.69) is 10.3 Å². The summed E-state index contributed by atoms with van der Waals surface area (Å²) in [4.78, 5) is 43.7. The van der Waals surface area contributed by atoms with Crippen molar-refractivity contribution in [3.8, 4) is 0 Å². The highest BCUT2D eigenvalue weighted by Crippen LogP contribution is 2.29. The van der Waals surface area contributed by atoms with Gasteiger partial charge in [0.1, 0.15) is 5.58 Å². The van der Waals surface area contributed by atoms with Gasteiger partial charge in [-0.1, -0.05) is 41.7 Å². The maximum absolute atomic E-state index is 12.7. The Balaban J connectivity index is 1.33. The van der Waals surface area contributed by atoms with E-state index in [-0.39, 0.29) is 24.1 Å². The summed E-state index contributed by atoms with van der Waals surface area (Å²) >= 11 is 1.21. The number of carbonyl (C=O) groups excluding carboxylic acids is 3. The minimum Gasteiger partial charge on any atom is -0.451 e. The van der Waals surface area contributed by atoms with Crippen molar-refractivity contribution in [2.24, 2.45) is 0 Å². The van der Waals surface area contributed by atoms with E-state index in [1.807, 2.05) is 31.2 Å². The van der Waals surface area contributed by atoms with Gasteiger partial charge in [0.2, 0.25) is 0 Å². The van der Waals surface area contributed by atoms with E-state index in [1.165, 1.54) is 16.2 Å². The average Bonchev–Trinajstić information content (AvgIpc) is 3.41. The molecule has 0 spiro atoms. The van der Waals surface area contributed by atoms with Crippen molar-refractivity contribution in [2.45, 2.75) is 13.5 Å². The van der Waals surface area contributed by atoms with E-state index in [0.29, 0.717) is 26.7 Å². The molecule has 1 N–H and O–H groups in total. The normalized spacial score (nSPS) is 13.2. The Morgan fingerprint density at radius 3 is 2.43 bits per heavy atom. The summed E-state index contributed by atoms with van der Waals surface area (Å²) in [6.45, 7) is 1.93. The van der Waals surface area contributed by atoms with Gasteiger partial charge in [-0.25, -0.2) is 4.98 Å². The summed E-state index contributed by atoms with van der Waals surface area (Å²) < 4.78 is 5.68. The van der Waals surface area contributed by atoms with Crippen molar-refractivity contribution in [1.29, 1.82) is 0 Å². The first kappa shape index (κ1) is 18.3. The molecule has 0 saturated carbocycles. The summed E-state index contributed by atoms with van der Waals surface area (Å²) in [5.74, 6) is -0.821. The van der Waals surface area contributed by atoms with Crippen molar-refractivity contribution in [2.75, 3.05) is 5.32 Å². The van der Waals surface area contributed by atoms with E-state index < -0.39 is 5.91 Å². The van der Waals surface area contributed by atoms with Gasteiger partial charge in [-0.2, -0.15) is 0 Å². The van der Waals surface area contributed by atoms with Gasteiger partial charge >= 0.3 is 0 Å². The number of aromatic nitrogens is 1. The summed E-state index contributed by atoms with van der Waals surface area (Å²) in [6.07, 6.45) is 1.55. The van der Waals surface area contributed by atoms with Crippen LogP contribution in [0.2, 0.25) is 0 Å². The van der Waals surface area contributed by atoms with Gasteiger partial charge < -0.3 is 4.42 Å². The number of carbonyl (C=O) groups is 3. The summed E-state index contributed by atoms with van der Waals surface area (Å²) in [6, 6.07) is 14.2. The molecule has 1 aliphatic heterocycles. The van der Waals surface area contributed by atoms with Gasteiger partial charge in [-0.3, -0.25) is 24.6 Å². The van der Waals surface area contributed by atoms with Gasteiger partial charge in [-0.15, -0.1) is 0 Å². The molecular weight excluding hydrogens is 402 g/mol. The zero-order valence-corrected chi connectivity index (χ0v) is 16.7. The number of hydrogen-bond donors (Lipinski definition) is 1. The van der Waals surface area contributed by atoms with E-state index in [1.54, 1.807) is 30.5 Å². The molecule has 3 amide bonds. The van der Waals surface area contributed by atoms with E-state index in [4.69, 9.17) is 4.42 Å².